The predicted molar refractivity (Wildman–Crippen MR) is 99.8 cm³/mol. The number of halogens is 4. The minimum atomic E-state index is -4.85. The van der Waals surface area contributed by atoms with Crippen LogP contribution in [0.1, 0.15) is 9.67 Å². The van der Waals surface area contributed by atoms with Crippen molar-refractivity contribution in [2.75, 3.05) is 26.2 Å². The SMILES string of the molecule is O=C(c1ccc(Br)s1)N1CCN(S(=O)(=O)c2ccc(OC(F)(F)F)cc2)CC1. The lowest BCUT2D eigenvalue weighted by Crippen LogP contribution is -2.50. The maximum atomic E-state index is 12.7. The van der Waals surface area contributed by atoms with Gasteiger partial charge in [0.2, 0.25) is 10.0 Å². The van der Waals surface area contributed by atoms with Crippen LogP contribution in [-0.2, 0) is 10.0 Å². The minimum Gasteiger partial charge on any atom is -0.406 e. The van der Waals surface area contributed by atoms with Gasteiger partial charge < -0.3 is 9.64 Å². The topological polar surface area (TPSA) is 66.9 Å². The van der Waals surface area contributed by atoms with Gasteiger partial charge in [0.25, 0.3) is 5.91 Å². The van der Waals surface area contributed by atoms with Gasteiger partial charge in [-0.25, -0.2) is 8.42 Å². The molecule has 0 saturated carbocycles. The van der Waals surface area contributed by atoms with E-state index < -0.39 is 22.1 Å². The number of carbonyl (C=O) groups is 1. The standard InChI is InChI=1S/C16H14BrF3N2O4S2/c17-14-6-5-13(27-14)15(23)21-7-9-22(10-8-21)28(24,25)12-3-1-11(2-4-12)26-16(18,19)20/h1-6H,7-10H2. The number of sulfonamides is 1. The van der Waals surface area contributed by atoms with Crippen molar-refractivity contribution in [3.63, 3.8) is 0 Å². The van der Waals surface area contributed by atoms with Crippen LogP contribution in [0.2, 0.25) is 0 Å². The molecule has 0 radical (unpaired) electrons. The highest BCUT2D eigenvalue weighted by molar-refractivity contribution is 9.11. The highest BCUT2D eigenvalue weighted by Crippen LogP contribution is 2.27. The van der Waals surface area contributed by atoms with Crippen LogP contribution < -0.4 is 4.74 Å². The normalized spacial score (nSPS) is 16.2. The van der Waals surface area contributed by atoms with Crippen molar-refractivity contribution in [3.8, 4) is 5.75 Å². The zero-order chi connectivity index (χ0) is 20.5. The van der Waals surface area contributed by atoms with Crippen LogP contribution in [0.15, 0.2) is 45.1 Å². The molecule has 1 fully saturated rings. The van der Waals surface area contributed by atoms with Gasteiger partial charge in [-0.3, -0.25) is 4.79 Å². The van der Waals surface area contributed by atoms with Crippen molar-refractivity contribution < 1.29 is 31.1 Å². The molecule has 6 nitrogen and oxygen atoms in total. The second-order valence-corrected chi connectivity index (χ2v) is 10.2. The van der Waals surface area contributed by atoms with Gasteiger partial charge in [-0.1, -0.05) is 0 Å². The van der Waals surface area contributed by atoms with Crippen molar-refractivity contribution in [2.24, 2.45) is 0 Å². The lowest BCUT2D eigenvalue weighted by atomic mass is 10.3. The highest BCUT2D eigenvalue weighted by atomic mass is 79.9. The Labute approximate surface area is 171 Å². The van der Waals surface area contributed by atoms with Crippen molar-refractivity contribution in [1.82, 2.24) is 9.21 Å². The number of piperazine rings is 1. The Morgan fingerprint density at radius 1 is 1.04 bits per heavy atom. The number of ether oxygens (including phenoxy) is 1. The molecule has 0 aliphatic carbocycles. The first-order chi connectivity index (χ1) is 13.1. The van der Waals surface area contributed by atoms with E-state index in [2.05, 4.69) is 20.7 Å². The Morgan fingerprint density at radius 3 is 2.14 bits per heavy atom. The summed E-state index contributed by atoms with van der Waals surface area (Å²) in [4.78, 5) is 14.4. The van der Waals surface area contributed by atoms with Crippen LogP contribution in [0.3, 0.4) is 0 Å². The smallest absolute Gasteiger partial charge is 0.406 e. The first-order valence-corrected chi connectivity index (χ1v) is 11.0. The van der Waals surface area contributed by atoms with Gasteiger partial charge >= 0.3 is 6.36 Å². The molecule has 152 valence electrons. The van der Waals surface area contributed by atoms with Gasteiger partial charge in [0.1, 0.15) is 5.75 Å². The zero-order valence-electron chi connectivity index (χ0n) is 14.1. The number of nitrogens with zero attached hydrogens (tertiary/aromatic N) is 2. The van der Waals surface area contributed by atoms with E-state index in [-0.39, 0.29) is 37.0 Å². The Morgan fingerprint density at radius 2 is 1.64 bits per heavy atom. The van der Waals surface area contributed by atoms with Gasteiger partial charge in [0, 0.05) is 26.2 Å². The summed E-state index contributed by atoms with van der Waals surface area (Å²) >= 11 is 4.60. The summed E-state index contributed by atoms with van der Waals surface area (Å²) in [5, 5.41) is 0. The number of carbonyl (C=O) groups excluding carboxylic acids is 1. The molecule has 1 saturated heterocycles. The fourth-order valence-corrected chi connectivity index (χ4v) is 5.46. The van der Waals surface area contributed by atoms with Crippen LogP contribution in [0, 0.1) is 0 Å². The second kappa shape index (κ2) is 8.01. The van der Waals surface area contributed by atoms with E-state index in [1.54, 1.807) is 17.0 Å². The van der Waals surface area contributed by atoms with E-state index in [4.69, 9.17) is 0 Å². The molecular weight excluding hydrogens is 485 g/mol. The Kier molecular flexibility index (Phi) is 6.03. The lowest BCUT2D eigenvalue weighted by molar-refractivity contribution is -0.274. The molecule has 0 spiro atoms. The number of hydrogen-bond donors (Lipinski definition) is 0. The summed E-state index contributed by atoms with van der Waals surface area (Å²) in [7, 11) is -3.88. The third kappa shape index (κ3) is 4.85. The third-order valence-electron chi connectivity index (χ3n) is 4.00. The van der Waals surface area contributed by atoms with Crippen molar-refractivity contribution >= 4 is 43.2 Å². The molecule has 0 unspecified atom stereocenters. The van der Waals surface area contributed by atoms with Crippen LogP contribution in [0.4, 0.5) is 13.2 Å². The van der Waals surface area contributed by atoms with Crippen molar-refractivity contribution in [1.29, 1.82) is 0 Å². The zero-order valence-corrected chi connectivity index (χ0v) is 17.4. The number of benzene rings is 1. The summed E-state index contributed by atoms with van der Waals surface area (Å²) in [6, 6.07) is 7.51. The molecule has 3 rings (SSSR count). The molecule has 1 aliphatic heterocycles. The molecule has 1 aromatic carbocycles. The molecule has 2 heterocycles. The van der Waals surface area contributed by atoms with Gasteiger partial charge in [-0.05, 0) is 52.3 Å². The molecule has 28 heavy (non-hydrogen) atoms. The Balaban J connectivity index is 1.65. The highest BCUT2D eigenvalue weighted by Gasteiger charge is 2.33. The number of rotatable bonds is 4. The summed E-state index contributed by atoms with van der Waals surface area (Å²) in [6.45, 7) is 0.647. The second-order valence-electron chi connectivity index (χ2n) is 5.82. The van der Waals surface area contributed by atoms with E-state index in [9.17, 15) is 26.4 Å². The van der Waals surface area contributed by atoms with Crippen molar-refractivity contribution in [3.05, 3.63) is 45.1 Å². The van der Waals surface area contributed by atoms with Crippen molar-refractivity contribution in [2.45, 2.75) is 11.3 Å². The van der Waals surface area contributed by atoms with E-state index in [0.29, 0.717) is 4.88 Å². The minimum absolute atomic E-state index is 0.0986. The predicted octanol–water partition coefficient (Wildman–Crippen LogP) is 3.56. The molecule has 12 heteroatoms. The largest absolute Gasteiger partial charge is 0.573 e. The van der Waals surface area contributed by atoms with E-state index in [0.717, 1.165) is 28.1 Å². The molecule has 1 amide bonds. The fourth-order valence-electron chi connectivity index (χ4n) is 2.68. The molecule has 2 aromatic rings. The summed E-state index contributed by atoms with van der Waals surface area (Å²) in [6.07, 6.45) is -4.85. The quantitative estimate of drug-likeness (QED) is 0.646. The van der Waals surface area contributed by atoms with Crippen LogP contribution in [0.5, 0.6) is 5.75 Å². The first-order valence-electron chi connectivity index (χ1n) is 7.97. The number of hydrogen-bond acceptors (Lipinski definition) is 5. The van der Waals surface area contributed by atoms with E-state index in [1.807, 2.05) is 0 Å². The lowest BCUT2D eigenvalue weighted by Gasteiger charge is -2.33. The summed E-state index contributed by atoms with van der Waals surface area (Å²) < 4.78 is 67.8. The first kappa shape index (κ1) is 21.1. The molecule has 0 atom stereocenters. The molecule has 0 N–H and O–H groups in total. The summed E-state index contributed by atoms with van der Waals surface area (Å²) in [5.41, 5.74) is 0. The average molecular weight is 499 g/mol. The fraction of sp³-hybridized carbons (Fsp3) is 0.312. The average Bonchev–Trinajstić information content (AvgIpc) is 3.07. The Hall–Kier alpha value is -1.63. The van der Waals surface area contributed by atoms with Gasteiger partial charge in [-0.2, -0.15) is 4.31 Å². The van der Waals surface area contributed by atoms with E-state index >= 15 is 0 Å². The third-order valence-corrected chi connectivity index (χ3v) is 7.53. The number of amides is 1. The molecule has 1 aromatic heterocycles. The van der Waals surface area contributed by atoms with Gasteiger partial charge in [-0.15, -0.1) is 24.5 Å². The molecular formula is C16H14BrF3N2O4S2. The maximum Gasteiger partial charge on any atom is 0.573 e. The van der Waals surface area contributed by atoms with Crippen LogP contribution in [-0.4, -0.2) is 56.1 Å². The van der Waals surface area contributed by atoms with Crippen LogP contribution in [0.25, 0.3) is 0 Å². The number of alkyl halides is 3. The van der Waals surface area contributed by atoms with Gasteiger partial charge in [0.15, 0.2) is 0 Å². The monoisotopic (exact) mass is 498 g/mol. The molecule has 1 aliphatic rings. The number of thiophene rings is 1. The molecule has 0 bridgehead atoms. The Bertz CT molecular complexity index is 953. The van der Waals surface area contributed by atoms with Crippen LogP contribution >= 0.6 is 27.3 Å². The van der Waals surface area contributed by atoms with Gasteiger partial charge in [0.05, 0.1) is 13.6 Å². The maximum absolute atomic E-state index is 12.7. The summed E-state index contributed by atoms with van der Waals surface area (Å²) in [5.74, 6) is -0.662. The van der Waals surface area contributed by atoms with E-state index in [1.165, 1.54) is 15.6 Å².